The number of methoxy groups -OCH3 is 1. The highest BCUT2D eigenvalue weighted by Crippen LogP contribution is 2.31. The Morgan fingerprint density at radius 1 is 1.21 bits per heavy atom. The summed E-state index contributed by atoms with van der Waals surface area (Å²) in [4.78, 5) is 28.4. The molecule has 0 aromatic heterocycles. The maximum absolute atomic E-state index is 12.3. The number of ether oxygens (including phenoxy) is 1. The van der Waals surface area contributed by atoms with Gasteiger partial charge in [0.05, 0.1) is 19.3 Å². The largest absolute Gasteiger partial charge is 0.495 e. The highest BCUT2D eigenvalue weighted by atomic mass is 16.5. The molecule has 3 rings (SSSR count). The number of rotatable bonds is 5. The average Bonchev–Trinajstić information content (AvgIpc) is 3.40. The van der Waals surface area contributed by atoms with Gasteiger partial charge in [0.1, 0.15) is 5.75 Å². The van der Waals surface area contributed by atoms with Crippen LogP contribution in [0.1, 0.15) is 18.4 Å². The fourth-order valence-corrected chi connectivity index (χ4v) is 3.03. The summed E-state index contributed by atoms with van der Waals surface area (Å²) in [5.41, 5.74) is 1.77. The first-order chi connectivity index (χ1) is 11.6. The topological polar surface area (TPSA) is 61.9 Å². The molecule has 0 atom stereocenters. The molecule has 0 spiro atoms. The third-order valence-corrected chi connectivity index (χ3v) is 4.61. The number of carbonyl (C=O) groups is 2. The molecule has 1 saturated heterocycles. The maximum atomic E-state index is 12.3. The van der Waals surface area contributed by atoms with Gasteiger partial charge in [-0.05, 0) is 37.5 Å². The normalized spacial score (nSPS) is 18.3. The first-order valence-corrected chi connectivity index (χ1v) is 8.52. The van der Waals surface area contributed by atoms with E-state index >= 15 is 0 Å². The molecular formula is C18H25N3O3. The summed E-state index contributed by atoms with van der Waals surface area (Å²) in [6.45, 7) is 5.24. The second-order valence-corrected chi connectivity index (χ2v) is 6.63. The predicted molar refractivity (Wildman–Crippen MR) is 92.1 cm³/mol. The van der Waals surface area contributed by atoms with Gasteiger partial charge in [0.25, 0.3) is 0 Å². The highest BCUT2D eigenvalue weighted by molar-refractivity contribution is 5.93. The quantitative estimate of drug-likeness (QED) is 0.888. The molecule has 0 radical (unpaired) electrons. The van der Waals surface area contributed by atoms with Crippen LogP contribution in [0.25, 0.3) is 0 Å². The van der Waals surface area contributed by atoms with E-state index in [2.05, 4.69) is 10.2 Å². The van der Waals surface area contributed by atoms with Crippen LogP contribution < -0.4 is 10.1 Å². The Morgan fingerprint density at radius 2 is 1.92 bits per heavy atom. The van der Waals surface area contributed by atoms with Gasteiger partial charge in [0, 0.05) is 32.1 Å². The van der Waals surface area contributed by atoms with Crippen molar-refractivity contribution in [3.63, 3.8) is 0 Å². The van der Waals surface area contributed by atoms with Crippen LogP contribution >= 0.6 is 0 Å². The van der Waals surface area contributed by atoms with E-state index in [-0.39, 0.29) is 11.8 Å². The molecule has 24 heavy (non-hydrogen) atoms. The molecule has 6 nitrogen and oxygen atoms in total. The first kappa shape index (κ1) is 16.8. The lowest BCUT2D eigenvalue weighted by Gasteiger charge is -2.34. The van der Waals surface area contributed by atoms with Gasteiger partial charge in [-0.2, -0.15) is 0 Å². The van der Waals surface area contributed by atoms with Gasteiger partial charge < -0.3 is 15.0 Å². The maximum Gasteiger partial charge on any atom is 0.238 e. The monoisotopic (exact) mass is 331 g/mol. The molecule has 1 saturated carbocycles. The number of carbonyl (C=O) groups excluding carboxylic acids is 2. The van der Waals surface area contributed by atoms with E-state index in [4.69, 9.17) is 4.74 Å². The van der Waals surface area contributed by atoms with E-state index in [1.165, 1.54) is 0 Å². The smallest absolute Gasteiger partial charge is 0.238 e. The lowest BCUT2D eigenvalue weighted by molar-refractivity contribution is -0.134. The molecule has 2 aliphatic rings. The Bertz CT molecular complexity index is 620. The second-order valence-electron chi connectivity index (χ2n) is 6.63. The molecule has 1 aromatic carbocycles. The zero-order valence-electron chi connectivity index (χ0n) is 14.4. The summed E-state index contributed by atoms with van der Waals surface area (Å²) in [5.74, 6) is 1.17. The molecular weight excluding hydrogens is 306 g/mol. The number of hydrogen-bond donors (Lipinski definition) is 1. The zero-order chi connectivity index (χ0) is 17.1. The Morgan fingerprint density at radius 3 is 2.54 bits per heavy atom. The van der Waals surface area contributed by atoms with Crippen LogP contribution in [0.4, 0.5) is 5.69 Å². The minimum atomic E-state index is -0.0548. The highest BCUT2D eigenvalue weighted by Gasteiger charge is 2.34. The molecule has 1 aliphatic heterocycles. The number of piperazine rings is 1. The number of nitrogens with one attached hydrogen (secondary N) is 1. The minimum absolute atomic E-state index is 0.0548. The molecule has 1 heterocycles. The summed E-state index contributed by atoms with van der Waals surface area (Å²) in [5, 5.41) is 2.93. The molecule has 1 aliphatic carbocycles. The fourth-order valence-electron chi connectivity index (χ4n) is 3.03. The number of benzene rings is 1. The van der Waals surface area contributed by atoms with Crippen molar-refractivity contribution in [2.75, 3.05) is 45.2 Å². The van der Waals surface area contributed by atoms with E-state index in [1.54, 1.807) is 7.11 Å². The predicted octanol–water partition coefficient (Wildman–Crippen LogP) is 1.50. The fraction of sp³-hybridized carbons (Fsp3) is 0.556. The van der Waals surface area contributed by atoms with Crippen LogP contribution in [0.3, 0.4) is 0 Å². The molecule has 0 bridgehead atoms. The van der Waals surface area contributed by atoms with Crippen LogP contribution in [-0.2, 0) is 9.59 Å². The van der Waals surface area contributed by atoms with E-state index < -0.39 is 0 Å². The summed E-state index contributed by atoms with van der Waals surface area (Å²) in [7, 11) is 1.59. The summed E-state index contributed by atoms with van der Waals surface area (Å²) < 4.78 is 5.29. The minimum Gasteiger partial charge on any atom is -0.495 e. The van der Waals surface area contributed by atoms with Gasteiger partial charge in [0.15, 0.2) is 0 Å². The number of amides is 2. The molecule has 130 valence electrons. The first-order valence-electron chi connectivity index (χ1n) is 8.52. The van der Waals surface area contributed by atoms with E-state index in [0.717, 1.165) is 44.6 Å². The van der Waals surface area contributed by atoms with Crippen molar-refractivity contribution in [3.8, 4) is 5.75 Å². The average molecular weight is 331 g/mol. The Kier molecular flexibility index (Phi) is 5.04. The van der Waals surface area contributed by atoms with E-state index in [1.807, 2.05) is 30.0 Å². The standard InChI is InChI=1S/C18H25N3O3/c1-13-3-6-16(24-2)15(11-13)19-17(22)12-20-7-9-21(10-8-20)18(23)14-4-5-14/h3,6,11,14H,4-5,7-10,12H2,1-2H3,(H,19,22). The molecule has 2 amide bonds. The van der Waals surface area contributed by atoms with Gasteiger partial charge in [0.2, 0.25) is 11.8 Å². The summed E-state index contributed by atoms with van der Waals surface area (Å²) in [6.07, 6.45) is 2.08. The van der Waals surface area contributed by atoms with Gasteiger partial charge in [-0.25, -0.2) is 0 Å². The van der Waals surface area contributed by atoms with Crippen LogP contribution in [0.5, 0.6) is 5.75 Å². The van der Waals surface area contributed by atoms with Crippen molar-refractivity contribution < 1.29 is 14.3 Å². The van der Waals surface area contributed by atoms with Crippen molar-refractivity contribution in [1.29, 1.82) is 0 Å². The third kappa shape index (κ3) is 4.06. The molecule has 1 aromatic rings. The van der Waals surface area contributed by atoms with Crippen molar-refractivity contribution in [3.05, 3.63) is 23.8 Å². The lowest BCUT2D eigenvalue weighted by Crippen LogP contribution is -2.50. The second kappa shape index (κ2) is 7.21. The molecule has 0 unspecified atom stereocenters. The number of hydrogen-bond acceptors (Lipinski definition) is 4. The van der Waals surface area contributed by atoms with Gasteiger partial charge in [-0.1, -0.05) is 6.07 Å². The number of aryl methyl sites for hydroxylation is 1. The molecule has 2 fully saturated rings. The Hall–Kier alpha value is -2.08. The third-order valence-electron chi connectivity index (χ3n) is 4.61. The van der Waals surface area contributed by atoms with Gasteiger partial charge in [-0.15, -0.1) is 0 Å². The van der Waals surface area contributed by atoms with Crippen LogP contribution in [0.2, 0.25) is 0 Å². The van der Waals surface area contributed by atoms with Crippen LogP contribution in [-0.4, -0.2) is 61.4 Å². The summed E-state index contributed by atoms with van der Waals surface area (Å²) >= 11 is 0. The van der Waals surface area contributed by atoms with Crippen LogP contribution in [0, 0.1) is 12.8 Å². The van der Waals surface area contributed by atoms with Gasteiger partial charge in [-0.3, -0.25) is 14.5 Å². The van der Waals surface area contributed by atoms with Crippen molar-refractivity contribution in [1.82, 2.24) is 9.80 Å². The molecule has 1 N–H and O–H groups in total. The lowest BCUT2D eigenvalue weighted by atomic mass is 10.2. The molecule has 6 heteroatoms. The number of anilines is 1. The summed E-state index contributed by atoms with van der Waals surface area (Å²) in [6, 6.07) is 5.71. The SMILES string of the molecule is COc1ccc(C)cc1NC(=O)CN1CCN(C(=O)C2CC2)CC1. The van der Waals surface area contributed by atoms with E-state index in [0.29, 0.717) is 23.9 Å². The van der Waals surface area contributed by atoms with E-state index in [9.17, 15) is 9.59 Å². The zero-order valence-corrected chi connectivity index (χ0v) is 14.4. The Balaban J connectivity index is 1.49. The Labute approximate surface area is 142 Å². The number of nitrogens with zero attached hydrogens (tertiary/aromatic N) is 2. The van der Waals surface area contributed by atoms with Crippen molar-refractivity contribution in [2.24, 2.45) is 5.92 Å². The van der Waals surface area contributed by atoms with Crippen LogP contribution in [0.15, 0.2) is 18.2 Å². The van der Waals surface area contributed by atoms with Crippen molar-refractivity contribution >= 4 is 17.5 Å². The van der Waals surface area contributed by atoms with Crippen molar-refractivity contribution in [2.45, 2.75) is 19.8 Å². The van der Waals surface area contributed by atoms with Gasteiger partial charge >= 0.3 is 0 Å².